The molecular weight excluding hydrogens is 362 g/mol. The minimum absolute atomic E-state index is 0.294. The Morgan fingerprint density at radius 2 is 2.12 bits per heavy atom. The summed E-state index contributed by atoms with van der Waals surface area (Å²) < 4.78 is 12.8. The Bertz CT molecular complexity index is 847. The number of rotatable bonds is 8. The molecule has 0 radical (unpaired) electrons. The van der Waals surface area contributed by atoms with Gasteiger partial charge in [-0.15, -0.1) is 16.8 Å². The van der Waals surface area contributed by atoms with E-state index in [0.29, 0.717) is 47.2 Å². The zero-order valence-corrected chi connectivity index (χ0v) is 15.1. The average Bonchev–Trinajstić information content (AvgIpc) is 3.19. The molecule has 9 heteroatoms. The van der Waals surface area contributed by atoms with E-state index < -0.39 is 0 Å². The van der Waals surface area contributed by atoms with E-state index in [4.69, 9.17) is 20.9 Å². The molecule has 0 aliphatic rings. The first-order valence-electron chi connectivity index (χ1n) is 7.49. The van der Waals surface area contributed by atoms with E-state index in [9.17, 15) is 0 Å². The lowest BCUT2D eigenvalue weighted by molar-refractivity contribution is 0.289. The highest BCUT2D eigenvalue weighted by Gasteiger charge is 2.14. The second-order valence-corrected chi connectivity index (χ2v) is 6.44. The zero-order valence-electron chi connectivity index (χ0n) is 13.6. The molecule has 0 spiro atoms. The van der Waals surface area contributed by atoms with Gasteiger partial charge in [0.2, 0.25) is 5.89 Å². The third-order valence-electron chi connectivity index (χ3n) is 3.18. The number of allylic oxidation sites excluding steroid dienone is 1. The van der Waals surface area contributed by atoms with Crippen molar-refractivity contribution >= 4 is 23.4 Å². The molecule has 2 heterocycles. The highest BCUT2D eigenvalue weighted by molar-refractivity contribution is 7.98. The number of halogens is 1. The van der Waals surface area contributed by atoms with Crippen LogP contribution in [0.1, 0.15) is 17.5 Å². The third-order valence-corrected chi connectivity index (χ3v) is 4.38. The summed E-state index contributed by atoms with van der Waals surface area (Å²) in [5, 5.41) is 13.6. The quantitative estimate of drug-likeness (QED) is 0.437. The van der Waals surface area contributed by atoms with Gasteiger partial charge in [-0.2, -0.15) is 4.98 Å². The molecule has 0 atom stereocenters. The second-order valence-electron chi connectivity index (χ2n) is 5.06. The van der Waals surface area contributed by atoms with Gasteiger partial charge in [0, 0.05) is 11.6 Å². The number of hydrogen-bond acceptors (Lipinski definition) is 7. The maximum absolute atomic E-state index is 5.87. The summed E-state index contributed by atoms with van der Waals surface area (Å²) in [5.41, 5.74) is 0. The number of aryl methyl sites for hydroxylation is 1. The van der Waals surface area contributed by atoms with Crippen LogP contribution >= 0.6 is 23.4 Å². The Labute approximate surface area is 154 Å². The summed E-state index contributed by atoms with van der Waals surface area (Å²) in [5.74, 6) is 3.11. The lowest BCUT2D eigenvalue weighted by atomic mass is 10.3. The molecular formula is C16H16ClN5O2S. The van der Waals surface area contributed by atoms with Crippen LogP contribution in [-0.2, 0) is 18.9 Å². The molecule has 1 aromatic carbocycles. The summed E-state index contributed by atoms with van der Waals surface area (Å²) >= 11 is 7.34. The number of hydrogen-bond donors (Lipinski definition) is 0. The molecule has 0 unspecified atom stereocenters. The molecule has 3 aromatic rings. The van der Waals surface area contributed by atoms with E-state index in [1.165, 1.54) is 11.8 Å². The van der Waals surface area contributed by atoms with Crippen LogP contribution in [0.15, 0.2) is 46.6 Å². The van der Waals surface area contributed by atoms with Crippen LogP contribution in [-0.4, -0.2) is 24.9 Å². The molecule has 3 rings (SSSR count). The van der Waals surface area contributed by atoms with Crippen molar-refractivity contribution in [2.45, 2.75) is 31.0 Å². The van der Waals surface area contributed by atoms with Crippen LogP contribution in [0.4, 0.5) is 0 Å². The van der Waals surface area contributed by atoms with Gasteiger partial charge in [0.15, 0.2) is 16.8 Å². The maximum atomic E-state index is 5.87. The SMILES string of the molecule is C=CCn1c(COc2ccc(Cl)cc2)nnc1SCc1nc(C)no1. The number of aromatic nitrogens is 5. The Balaban J connectivity index is 1.67. The van der Waals surface area contributed by atoms with E-state index in [1.54, 1.807) is 25.1 Å². The molecule has 2 aromatic heterocycles. The average molecular weight is 378 g/mol. The lowest BCUT2D eigenvalue weighted by Gasteiger charge is -2.08. The fourth-order valence-corrected chi connectivity index (χ4v) is 2.98. The van der Waals surface area contributed by atoms with Crippen molar-refractivity contribution < 1.29 is 9.26 Å². The van der Waals surface area contributed by atoms with Crippen LogP contribution in [0, 0.1) is 6.92 Å². The van der Waals surface area contributed by atoms with Gasteiger partial charge in [-0.1, -0.05) is 34.6 Å². The Kier molecular flexibility index (Phi) is 5.72. The van der Waals surface area contributed by atoms with E-state index >= 15 is 0 Å². The Hall–Kier alpha value is -2.32. The van der Waals surface area contributed by atoms with Crippen molar-refractivity contribution in [3.8, 4) is 5.75 Å². The highest BCUT2D eigenvalue weighted by Crippen LogP contribution is 2.22. The van der Waals surface area contributed by atoms with Gasteiger partial charge in [0.05, 0.1) is 5.75 Å². The van der Waals surface area contributed by atoms with Crippen molar-refractivity contribution in [1.29, 1.82) is 0 Å². The molecule has 0 aliphatic carbocycles. The van der Waals surface area contributed by atoms with Crippen molar-refractivity contribution in [2.75, 3.05) is 0 Å². The molecule has 0 bridgehead atoms. The molecule has 130 valence electrons. The Morgan fingerprint density at radius 1 is 1.32 bits per heavy atom. The van der Waals surface area contributed by atoms with E-state index in [1.807, 2.05) is 16.7 Å². The van der Waals surface area contributed by atoms with Gasteiger partial charge in [-0.05, 0) is 31.2 Å². The normalized spacial score (nSPS) is 10.8. The smallest absolute Gasteiger partial charge is 0.237 e. The van der Waals surface area contributed by atoms with Gasteiger partial charge in [-0.25, -0.2) is 0 Å². The summed E-state index contributed by atoms with van der Waals surface area (Å²) in [6.07, 6.45) is 1.79. The van der Waals surface area contributed by atoms with Gasteiger partial charge < -0.3 is 9.26 Å². The largest absolute Gasteiger partial charge is 0.486 e. The second kappa shape index (κ2) is 8.17. The van der Waals surface area contributed by atoms with Crippen molar-refractivity contribution in [2.24, 2.45) is 0 Å². The van der Waals surface area contributed by atoms with Gasteiger partial charge in [-0.3, -0.25) is 4.57 Å². The van der Waals surface area contributed by atoms with Crippen LogP contribution in [0.25, 0.3) is 0 Å². The molecule has 0 saturated heterocycles. The van der Waals surface area contributed by atoms with Crippen LogP contribution < -0.4 is 4.74 Å². The lowest BCUT2D eigenvalue weighted by Crippen LogP contribution is -2.07. The molecule has 0 fully saturated rings. The molecule has 7 nitrogen and oxygen atoms in total. The highest BCUT2D eigenvalue weighted by atomic mass is 35.5. The molecule has 0 amide bonds. The molecule has 25 heavy (non-hydrogen) atoms. The molecule has 0 N–H and O–H groups in total. The minimum Gasteiger partial charge on any atom is -0.486 e. The molecule has 0 aliphatic heterocycles. The molecule has 0 saturated carbocycles. The van der Waals surface area contributed by atoms with Gasteiger partial charge in [0.1, 0.15) is 12.4 Å². The zero-order chi connectivity index (χ0) is 17.6. The standard InChI is InChI=1S/C16H16ClN5O2S/c1-3-8-22-14(9-23-13-6-4-12(17)5-7-13)19-20-16(22)25-10-15-18-11(2)21-24-15/h3-7H,1,8-10H2,2H3. The third kappa shape index (κ3) is 4.61. The predicted molar refractivity (Wildman–Crippen MR) is 94.6 cm³/mol. The fraction of sp³-hybridized carbons (Fsp3) is 0.250. The summed E-state index contributed by atoms with van der Waals surface area (Å²) in [6, 6.07) is 7.17. The van der Waals surface area contributed by atoms with Crippen molar-refractivity contribution in [3.05, 3.63) is 59.5 Å². The summed E-state index contributed by atoms with van der Waals surface area (Å²) in [6.45, 7) is 6.44. The van der Waals surface area contributed by atoms with Gasteiger partial charge >= 0.3 is 0 Å². The van der Waals surface area contributed by atoms with E-state index in [-0.39, 0.29) is 0 Å². The minimum atomic E-state index is 0.294. The number of benzene rings is 1. The van der Waals surface area contributed by atoms with Crippen molar-refractivity contribution in [3.63, 3.8) is 0 Å². The first kappa shape index (κ1) is 17.5. The number of ether oxygens (including phenoxy) is 1. The first-order valence-corrected chi connectivity index (χ1v) is 8.85. The first-order chi connectivity index (χ1) is 12.2. The van der Waals surface area contributed by atoms with Gasteiger partial charge in [0.25, 0.3) is 0 Å². The topological polar surface area (TPSA) is 78.9 Å². The fourth-order valence-electron chi connectivity index (χ4n) is 2.05. The predicted octanol–water partition coefficient (Wildman–Crippen LogP) is 3.68. The monoisotopic (exact) mass is 377 g/mol. The summed E-state index contributed by atoms with van der Waals surface area (Å²) in [4.78, 5) is 4.18. The van der Waals surface area contributed by atoms with Crippen LogP contribution in [0.2, 0.25) is 5.02 Å². The van der Waals surface area contributed by atoms with Crippen LogP contribution in [0.3, 0.4) is 0 Å². The number of thioether (sulfide) groups is 1. The van der Waals surface area contributed by atoms with Crippen LogP contribution in [0.5, 0.6) is 5.75 Å². The van der Waals surface area contributed by atoms with E-state index in [0.717, 1.165) is 5.16 Å². The van der Waals surface area contributed by atoms with Crippen molar-refractivity contribution in [1.82, 2.24) is 24.9 Å². The summed E-state index contributed by atoms with van der Waals surface area (Å²) in [7, 11) is 0. The maximum Gasteiger partial charge on any atom is 0.237 e. The number of nitrogens with zero attached hydrogens (tertiary/aromatic N) is 5. The Morgan fingerprint density at radius 3 is 2.80 bits per heavy atom. The van der Waals surface area contributed by atoms with E-state index in [2.05, 4.69) is 26.9 Å².